The van der Waals surface area contributed by atoms with E-state index >= 15 is 0 Å². The maximum absolute atomic E-state index is 14.6. The zero-order valence-electron chi connectivity index (χ0n) is 65.4. The van der Waals surface area contributed by atoms with Crippen LogP contribution < -0.4 is 25.6 Å². The van der Waals surface area contributed by atoms with Gasteiger partial charge in [-0.3, -0.25) is 28.9 Å². The van der Waals surface area contributed by atoms with Gasteiger partial charge in [0.2, 0.25) is 23.6 Å². The molecule has 4 saturated heterocycles. The Kier molecular flexibility index (Phi) is 29.2. The van der Waals surface area contributed by atoms with Gasteiger partial charge >= 0.3 is 17.7 Å². The third-order valence-electron chi connectivity index (χ3n) is 22.0. The highest BCUT2D eigenvalue weighted by atomic mass is 35.5. The standard InChI is InChI=1S/C80H100ClF3N10O10S4.C2HF3O2/c1-53(55-18-20-57(21-19-55)72-54(2)85-52-106-72)86-75(99)68-44-63(95)48-94(68)76(100)73(77(3,4)5)88-70(96)16-12-9-13-17-71(97)93-38-35-79(36-39-93)50-91(51-79)37-33-61(49-105-64-14-10-8-11-15-64)87-67-31-30-65(45-69(67)107(101,102)80(82,83)84)108(103,104)89-74(98)58-24-28-62(29-25-58)92-42-40-90(41-43-92)47-59-46-78(6,7)34-32-66(59)56-22-26-60(81)27-23-56;3-2(4,5)1(6)7/h8,10-11,14-15,18-31,45,52-53,61,63,68,73,87,95H,9,12-13,16-17,32-44,46-51H2,1-7H3,(H,86,99)(H,88,96)(H,89,98);(H,6,7)/t53-,61+,63+,68-,73+;/m0./s1. The molecule has 6 aromatic rings. The Hall–Kier alpha value is -8.11. The number of carboxylic acid groups (broad SMARTS) is 1. The Morgan fingerprint density at radius 3 is 2.01 bits per heavy atom. The van der Waals surface area contributed by atoms with Crippen molar-refractivity contribution in [2.75, 3.05) is 88.0 Å². The summed E-state index contributed by atoms with van der Waals surface area (Å²) in [5, 5.41) is 27.6. The molecular weight excluding hydrogens is 1590 g/mol. The highest BCUT2D eigenvalue weighted by Crippen LogP contribution is 2.45. The molecule has 5 atom stereocenters. The number of aliphatic carboxylic acids is 1. The van der Waals surface area contributed by atoms with E-state index in [-0.39, 0.29) is 53.6 Å². The predicted molar refractivity (Wildman–Crippen MR) is 432 cm³/mol. The number of thioether (sulfide) groups is 1. The number of sulfone groups is 1. The smallest absolute Gasteiger partial charge is 0.475 e. The number of aliphatic hydroxyl groups is 1. The van der Waals surface area contributed by atoms with E-state index in [1.165, 1.54) is 45.5 Å². The van der Waals surface area contributed by atoms with E-state index in [0.717, 1.165) is 109 Å². The minimum Gasteiger partial charge on any atom is -0.475 e. The molecule has 5 amide bonds. The maximum atomic E-state index is 14.6. The van der Waals surface area contributed by atoms with Crippen LogP contribution >= 0.6 is 34.7 Å². The molecule has 6 N–H and O–H groups in total. The molecule has 4 fully saturated rings. The molecule has 1 aliphatic carbocycles. The van der Waals surface area contributed by atoms with Gasteiger partial charge in [-0.1, -0.05) is 113 Å². The average Bonchev–Trinajstić information content (AvgIpc) is 0.892. The Labute approximate surface area is 681 Å². The summed E-state index contributed by atoms with van der Waals surface area (Å²) in [7, 11) is -11.1. The molecule has 1 spiro atoms. The number of amides is 5. The number of likely N-dealkylation sites (tertiary alicyclic amines) is 3. The van der Waals surface area contributed by atoms with Gasteiger partial charge < -0.3 is 45.8 Å². The van der Waals surface area contributed by atoms with E-state index in [9.17, 15) is 72.3 Å². The summed E-state index contributed by atoms with van der Waals surface area (Å²) < 4.78 is 132. The number of hydrogen-bond donors (Lipinski definition) is 6. The fourth-order valence-electron chi connectivity index (χ4n) is 15.4. The fraction of sp³-hybridized carbons (Fsp3) is 0.500. The maximum Gasteiger partial charge on any atom is 0.501 e. The van der Waals surface area contributed by atoms with Crippen molar-refractivity contribution in [3.05, 3.63) is 160 Å². The number of thiazole rings is 1. The molecule has 0 unspecified atom stereocenters. The van der Waals surface area contributed by atoms with Gasteiger partial charge in [-0.25, -0.2) is 31.3 Å². The molecule has 5 aromatic carbocycles. The third-order valence-corrected chi connectivity index (χ3v) is 27.2. The molecule has 5 aliphatic rings. The number of nitrogens with one attached hydrogen (secondary N) is 4. The van der Waals surface area contributed by atoms with E-state index in [1.807, 2.05) is 111 Å². The number of aromatic nitrogens is 1. The largest absolute Gasteiger partial charge is 0.501 e. The highest BCUT2D eigenvalue weighted by molar-refractivity contribution is 7.99. The normalized spacial score (nSPS) is 19.0. The van der Waals surface area contributed by atoms with Gasteiger partial charge in [0.05, 0.1) is 38.8 Å². The molecule has 33 heteroatoms. The summed E-state index contributed by atoms with van der Waals surface area (Å²) in [5.74, 6) is -4.67. The summed E-state index contributed by atoms with van der Waals surface area (Å²) in [4.78, 5) is 91.9. The first kappa shape index (κ1) is 89.2. The van der Waals surface area contributed by atoms with Crippen molar-refractivity contribution < 1.29 is 82.2 Å². The van der Waals surface area contributed by atoms with Crippen LogP contribution in [0.15, 0.2) is 147 Å². The van der Waals surface area contributed by atoms with E-state index < -0.39 is 100 Å². The molecule has 5 heterocycles. The Bertz CT molecular complexity index is 4680. The molecule has 0 bridgehead atoms. The summed E-state index contributed by atoms with van der Waals surface area (Å²) in [6.45, 7) is 20.8. The molecule has 11 rings (SSSR count). The predicted octanol–water partition coefficient (Wildman–Crippen LogP) is 13.8. The number of halogens is 7. The van der Waals surface area contributed by atoms with E-state index in [4.69, 9.17) is 21.5 Å². The second-order valence-corrected chi connectivity index (χ2v) is 38.3. The lowest BCUT2D eigenvalue weighted by Gasteiger charge is -2.54. The van der Waals surface area contributed by atoms with Crippen LogP contribution in [-0.4, -0.2) is 201 Å². The first-order chi connectivity index (χ1) is 54.1. The number of unbranched alkanes of at least 4 members (excludes halogenated alkanes) is 2. The number of carboxylic acids is 1. The lowest BCUT2D eigenvalue weighted by molar-refractivity contribution is -0.192. The molecule has 624 valence electrons. The second kappa shape index (κ2) is 37.7. The number of carbonyl (C=O) groups is 6. The number of hydrogen-bond acceptors (Lipinski definition) is 18. The lowest BCUT2D eigenvalue weighted by atomic mass is 9.72. The number of allylic oxidation sites excluding steroid dienone is 1. The number of piperidine rings is 1. The number of rotatable bonds is 28. The van der Waals surface area contributed by atoms with Crippen molar-refractivity contribution in [2.24, 2.45) is 16.2 Å². The molecule has 1 aromatic heterocycles. The van der Waals surface area contributed by atoms with Crippen molar-refractivity contribution in [1.82, 2.24) is 39.9 Å². The van der Waals surface area contributed by atoms with Gasteiger partial charge in [-0.15, -0.1) is 23.1 Å². The first-order valence-electron chi connectivity index (χ1n) is 38.5. The van der Waals surface area contributed by atoms with Gasteiger partial charge in [0.1, 0.15) is 17.0 Å². The highest BCUT2D eigenvalue weighted by Gasteiger charge is 2.50. The van der Waals surface area contributed by atoms with Crippen molar-refractivity contribution in [3.63, 3.8) is 0 Å². The van der Waals surface area contributed by atoms with Gasteiger partial charge in [0, 0.05) is 124 Å². The minimum atomic E-state index is -6.16. The van der Waals surface area contributed by atoms with Gasteiger partial charge in [-0.05, 0) is 170 Å². The van der Waals surface area contributed by atoms with Crippen molar-refractivity contribution in [2.45, 2.75) is 182 Å². The molecular formula is C82H101ClF6N10O12S4. The SMILES string of the molecule is Cc1ncsc1-c1ccc([C@H](C)NC(=O)[C@@H]2C[C@@H](O)CN2C(=O)[C@@H](NC(=O)CCCCCC(=O)N2CCC3(CC2)CN(CC[C@H](CSc2ccccc2)Nc2ccc(S(=O)(=O)NC(=O)c4ccc(N5CCN(CC6=C(c7ccc(Cl)cc7)CCC(C)(C)C6)CC5)cc4)cc2S(=O)(=O)C(F)(F)F)C3)C(C)(C)C)cc1.O=C(O)C(F)(F)F. The van der Waals surface area contributed by atoms with Crippen LogP contribution in [0.2, 0.25) is 5.02 Å². The van der Waals surface area contributed by atoms with Crippen LogP contribution in [0, 0.1) is 23.2 Å². The molecule has 4 aliphatic heterocycles. The second-order valence-electron chi connectivity index (χ2n) is 32.4. The monoisotopic (exact) mass is 1690 g/mol. The molecule has 115 heavy (non-hydrogen) atoms. The molecule has 22 nitrogen and oxygen atoms in total. The van der Waals surface area contributed by atoms with E-state index in [2.05, 4.69) is 61.6 Å². The average molecular weight is 1700 g/mol. The number of aliphatic hydroxyl groups excluding tert-OH is 1. The topological polar surface area (TPSA) is 288 Å². The molecule has 0 radical (unpaired) electrons. The Balaban J connectivity index is 0.00000191. The van der Waals surface area contributed by atoms with Gasteiger partial charge in [0.25, 0.3) is 25.8 Å². The van der Waals surface area contributed by atoms with Crippen molar-refractivity contribution >= 4 is 107 Å². The Morgan fingerprint density at radius 2 is 1.40 bits per heavy atom. The van der Waals surface area contributed by atoms with Crippen LogP contribution in [0.25, 0.3) is 16.0 Å². The van der Waals surface area contributed by atoms with Crippen LogP contribution in [-0.2, 0) is 43.8 Å². The van der Waals surface area contributed by atoms with Crippen LogP contribution in [0.5, 0.6) is 0 Å². The quantitative estimate of drug-likeness (QED) is 0.0151. The number of benzene rings is 5. The lowest BCUT2D eigenvalue weighted by Crippen LogP contribution is -2.61. The molecule has 0 saturated carbocycles. The summed E-state index contributed by atoms with van der Waals surface area (Å²) in [5.41, 5.74) is 2.59. The number of piperazine rings is 1. The van der Waals surface area contributed by atoms with Crippen molar-refractivity contribution in [1.29, 1.82) is 0 Å². The number of sulfonamides is 1. The number of nitrogens with zero attached hydrogens (tertiary/aromatic N) is 6. The first-order valence-corrected chi connectivity index (χ1v) is 43.7. The van der Waals surface area contributed by atoms with Crippen LogP contribution in [0.4, 0.5) is 37.7 Å². The third kappa shape index (κ3) is 23.6. The summed E-state index contributed by atoms with van der Waals surface area (Å²) >= 11 is 9.21. The zero-order valence-corrected chi connectivity index (χ0v) is 69.4. The van der Waals surface area contributed by atoms with Crippen LogP contribution in [0.3, 0.4) is 0 Å². The van der Waals surface area contributed by atoms with Crippen LogP contribution in [0.1, 0.15) is 152 Å². The Morgan fingerprint density at radius 1 is 0.765 bits per heavy atom. The summed E-state index contributed by atoms with van der Waals surface area (Å²) in [6.07, 6.45) is 1.12. The number of anilines is 2. The van der Waals surface area contributed by atoms with Crippen molar-refractivity contribution in [3.8, 4) is 10.4 Å². The summed E-state index contributed by atoms with van der Waals surface area (Å²) in [6, 6.07) is 31.1. The minimum absolute atomic E-state index is 0.0245. The number of β-amino-alcohol motifs (C(OH)–C–C–N with tert-alkyl or cyclic N) is 1. The fourth-order valence-corrected chi connectivity index (χ4v) is 19.4. The zero-order chi connectivity index (χ0) is 83.6. The number of alkyl halides is 6. The van der Waals surface area contributed by atoms with Gasteiger partial charge in [0.15, 0.2) is 0 Å². The number of aryl methyl sites for hydroxylation is 1. The van der Waals surface area contributed by atoms with Gasteiger partial charge in [-0.2, -0.15) is 26.3 Å². The van der Waals surface area contributed by atoms with E-state index in [1.54, 1.807) is 29.0 Å². The van der Waals surface area contributed by atoms with E-state index in [0.29, 0.717) is 81.7 Å². The number of carbonyl (C=O) groups excluding carboxylic acids is 5.